The first-order valence-corrected chi connectivity index (χ1v) is 7.06. The van der Waals surface area contributed by atoms with Crippen molar-refractivity contribution in [3.8, 4) is 0 Å². The first kappa shape index (κ1) is 14.5. The van der Waals surface area contributed by atoms with E-state index in [4.69, 9.17) is 0 Å². The van der Waals surface area contributed by atoms with Gasteiger partial charge in [0, 0.05) is 19.1 Å². The van der Waals surface area contributed by atoms with Crippen LogP contribution < -0.4 is 10.2 Å². The Labute approximate surface area is 118 Å². The van der Waals surface area contributed by atoms with E-state index in [-0.39, 0.29) is 16.7 Å². The van der Waals surface area contributed by atoms with Crippen molar-refractivity contribution in [2.75, 3.05) is 23.3 Å². The molecule has 0 aliphatic carbocycles. The molecule has 0 saturated carbocycles. The van der Waals surface area contributed by atoms with Gasteiger partial charge in [0.25, 0.3) is 0 Å². The number of nitrogens with one attached hydrogen (secondary N) is 1. The molecule has 2 rings (SSSR count). The zero-order valence-electron chi connectivity index (χ0n) is 12.2. The molecule has 0 aromatic carbocycles. The van der Waals surface area contributed by atoms with Crippen LogP contribution in [0.5, 0.6) is 0 Å². The van der Waals surface area contributed by atoms with Crippen LogP contribution in [0.3, 0.4) is 0 Å². The molecule has 1 aromatic heterocycles. The van der Waals surface area contributed by atoms with E-state index in [0.717, 1.165) is 19.4 Å². The van der Waals surface area contributed by atoms with E-state index in [9.17, 15) is 10.1 Å². The third-order valence-corrected chi connectivity index (χ3v) is 3.98. The summed E-state index contributed by atoms with van der Waals surface area (Å²) in [6.07, 6.45) is 3.58. The Kier molecular flexibility index (Phi) is 4.36. The van der Waals surface area contributed by atoms with Crippen molar-refractivity contribution < 1.29 is 4.92 Å². The molecule has 2 heterocycles. The van der Waals surface area contributed by atoms with E-state index >= 15 is 0 Å². The van der Waals surface area contributed by atoms with Gasteiger partial charge in [0.2, 0.25) is 11.6 Å². The molecule has 2 atom stereocenters. The molecule has 7 heteroatoms. The smallest absolute Gasteiger partial charge is 0.353 e. The average molecular weight is 279 g/mol. The standard InChI is InChI=1S/C13H21N5O2/c1-4-14-12-11(18(19)20)13(16-8-15-12)17-7-5-6-9(2)10(17)3/h8-10H,4-7H2,1-3H3,(H,14,15,16). The Morgan fingerprint density at radius 2 is 2.25 bits per heavy atom. The monoisotopic (exact) mass is 279 g/mol. The maximum Gasteiger partial charge on any atom is 0.353 e. The van der Waals surface area contributed by atoms with Crippen LogP contribution in [0, 0.1) is 16.0 Å². The lowest BCUT2D eigenvalue weighted by Crippen LogP contribution is -2.43. The third-order valence-electron chi connectivity index (χ3n) is 3.98. The molecule has 2 unspecified atom stereocenters. The highest BCUT2D eigenvalue weighted by molar-refractivity contribution is 5.70. The van der Waals surface area contributed by atoms with E-state index in [1.165, 1.54) is 6.33 Å². The van der Waals surface area contributed by atoms with Crippen LogP contribution >= 0.6 is 0 Å². The lowest BCUT2D eigenvalue weighted by molar-refractivity contribution is -0.383. The summed E-state index contributed by atoms with van der Waals surface area (Å²) in [7, 11) is 0. The summed E-state index contributed by atoms with van der Waals surface area (Å²) in [6.45, 7) is 7.55. The molecule has 1 saturated heterocycles. The summed E-state index contributed by atoms with van der Waals surface area (Å²) in [6, 6.07) is 0.242. The Morgan fingerprint density at radius 3 is 2.90 bits per heavy atom. The summed E-state index contributed by atoms with van der Waals surface area (Å²) >= 11 is 0. The van der Waals surface area contributed by atoms with Gasteiger partial charge < -0.3 is 10.2 Å². The van der Waals surface area contributed by atoms with Gasteiger partial charge in [-0.3, -0.25) is 10.1 Å². The van der Waals surface area contributed by atoms with Gasteiger partial charge in [-0.15, -0.1) is 0 Å². The van der Waals surface area contributed by atoms with Crippen molar-refractivity contribution >= 4 is 17.3 Å². The van der Waals surface area contributed by atoms with Gasteiger partial charge in [0.05, 0.1) is 4.92 Å². The van der Waals surface area contributed by atoms with E-state index in [0.29, 0.717) is 24.1 Å². The normalized spacial score (nSPS) is 22.6. The fourth-order valence-corrected chi connectivity index (χ4v) is 2.68. The van der Waals surface area contributed by atoms with Crippen LogP contribution in [0.2, 0.25) is 0 Å². The number of piperidine rings is 1. The molecule has 0 spiro atoms. The Balaban J connectivity index is 2.44. The van der Waals surface area contributed by atoms with Crippen LogP contribution in [-0.2, 0) is 0 Å². The van der Waals surface area contributed by atoms with E-state index in [1.807, 2.05) is 11.8 Å². The number of hydrogen-bond acceptors (Lipinski definition) is 6. The fourth-order valence-electron chi connectivity index (χ4n) is 2.68. The van der Waals surface area contributed by atoms with Crippen LogP contribution in [0.15, 0.2) is 6.33 Å². The molecule has 7 nitrogen and oxygen atoms in total. The zero-order chi connectivity index (χ0) is 14.7. The molecule has 110 valence electrons. The van der Waals surface area contributed by atoms with Gasteiger partial charge in [0.1, 0.15) is 6.33 Å². The quantitative estimate of drug-likeness (QED) is 0.673. The van der Waals surface area contributed by atoms with Gasteiger partial charge in [-0.05, 0) is 32.6 Å². The number of rotatable bonds is 4. The third kappa shape index (κ3) is 2.66. The molecular weight excluding hydrogens is 258 g/mol. The van der Waals surface area contributed by atoms with Crippen LogP contribution in [0.1, 0.15) is 33.6 Å². The van der Waals surface area contributed by atoms with Crippen molar-refractivity contribution in [1.29, 1.82) is 0 Å². The molecule has 0 bridgehead atoms. The van der Waals surface area contributed by atoms with E-state index in [2.05, 4.69) is 29.1 Å². The number of anilines is 2. The molecule has 20 heavy (non-hydrogen) atoms. The number of aromatic nitrogens is 2. The topological polar surface area (TPSA) is 84.2 Å². The minimum absolute atomic E-state index is 0.0182. The summed E-state index contributed by atoms with van der Waals surface area (Å²) < 4.78 is 0. The van der Waals surface area contributed by atoms with Crippen LogP contribution in [0.4, 0.5) is 17.3 Å². The molecular formula is C13H21N5O2. The highest BCUT2D eigenvalue weighted by Gasteiger charge is 2.33. The van der Waals surface area contributed by atoms with Gasteiger partial charge in [0.15, 0.2) is 0 Å². The molecule has 1 aliphatic heterocycles. The van der Waals surface area contributed by atoms with Gasteiger partial charge in [-0.1, -0.05) is 6.92 Å². The summed E-state index contributed by atoms with van der Waals surface area (Å²) in [5.74, 6) is 1.23. The van der Waals surface area contributed by atoms with Crippen molar-refractivity contribution in [1.82, 2.24) is 9.97 Å². The predicted molar refractivity (Wildman–Crippen MR) is 78.1 cm³/mol. The highest BCUT2D eigenvalue weighted by atomic mass is 16.6. The van der Waals surface area contributed by atoms with Crippen molar-refractivity contribution in [2.45, 2.75) is 39.7 Å². The summed E-state index contributed by atoms with van der Waals surface area (Å²) in [5.41, 5.74) is -0.0182. The fraction of sp³-hybridized carbons (Fsp3) is 0.692. The number of nitro groups is 1. The minimum atomic E-state index is -0.390. The second-order valence-corrected chi connectivity index (χ2v) is 5.24. The van der Waals surface area contributed by atoms with E-state index in [1.54, 1.807) is 0 Å². The second kappa shape index (κ2) is 6.02. The van der Waals surface area contributed by atoms with Crippen LogP contribution in [0.25, 0.3) is 0 Å². The molecule has 1 N–H and O–H groups in total. The second-order valence-electron chi connectivity index (χ2n) is 5.24. The van der Waals surface area contributed by atoms with Crippen molar-refractivity contribution in [2.24, 2.45) is 5.92 Å². The largest absolute Gasteiger partial charge is 0.364 e. The SMILES string of the molecule is CCNc1ncnc(N2CCCC(C)C2C)c1[N+](=O)[O-]. The molecule has 0 radical (unpaired) electrons. The lowest BCUT2D eigenvalue weighted by Gasteiger charge is -2.38. The maximum atomic E-state index is 11.4. The Morgan fingerprint density at radius 1 is 1.50 bits per heavy atom. The molecule has 1 aliphatic rings. The Bertz CT molecular complexity index is 494. The summed E-state index contributed by atoms with van der Waals surface area (Å²) in [5, 5.41) is 14.4. The zero-order valence-corrected chi connectivity index (χ0v) is 12.2. The molecule has 0 amide bonds. The lowest BCUT2D eigenvalue weighted by atomic mass is 9.92. The van der Waals surface area contributed by atoms with Crippen LogP contribution in [-0.4, -0.2) is 34.0 Å². The molecule has 1 fully saturated rings. The van der Waals surface area contributed by atoms with Gasteiger partial charge >= 0.3 is 5.69 Å². The Hall–Kier alpha value is -1.92. The van der Waals surface area contributed by atoms with Crippen molar-refractivity contribution in [3.05, 3.63) is 16.4 Å². The van der Waals surface area contributed by atoms with Crippen molar-refractivity contribution in [3.63, 3.8) is 0 Å². The first-order valence-electron chi connectivity index (χ1n) is 7.06. The van der Waals surface area contributed by atoms with Gasteiger partial charge in [-0.25, -0.2) is 9.97 Å². The average Bonchev–Trinajstić information content (AvgIpc) is 2.42. The molecule has 1 aromatic rings. The first-order chi connectivity index (χ1) is 9.56. The maximum absolute atomic E-state index is 11.4. The summed E-state index contributed by atoms with van der Waals surface area (Å²) in [4.78, 5) is 21.2. The predicted octanol–water partition coefficient (Wildman–Crippen LogP) is 2.44. The van der Waals surface area contributed by atoms with Gasteiger partial charge in [-0.2, -0.15) is 0 Å². The highest BCUT2D eigenvalue weighted by Crippen LogP contribution is 2.36. The number of nitrogens with zero attached hydrogens (tertiary/aromatic N) is 4. The number of hydrogen-bond donors (Lipinski definition) is 1. The van der Waals surface area contributed by atoms with E-state index < -0.39 is 0 Å². The minimum Gasteiger partial charge on any atom is -0.364 e.